The number of carboxylic acids is 1. The minimum atomic E-state index is -1.00. The lowest BCUT2D eigenvalue weighted by Gasteiger charge is -2.19. The second kappa shape index (κ2) is 5.94. The number of nitrogens with zero attached hydrogens (tertiary/aromatic N) is 2. The van der Waals surface area contributed by atoms with E-state index < -0.39 is 22.7 Å². The van der Waals surface area contributed by atoms with Gasteiger partial charge >= 0.3 is 5.97 Å². The molecule has 1 N–H and O–H groups in total. The highest BCUT2D eigenvalue weighted by molar-refractivity contribution is 5.94. The normalized spacial score (nSPS) is 11.7. The first-order chi connectivity index (χ1) is 8.82. The molecule has 0 heterocycles. The van der Waals surface area contributed by atoms with Crippen LogP contribution >= 0.6 is 0 Å². The first kappa shape index (κ1) is 14.6. The van der Waals surface area contributed by atoms with Crippen molar-refractivity contribution >= 4 is 17.6 Å². The Balaban J connectivity index is 2.85. The van der Waals surface area contributed by atoms with Gasteiger partial charge in [0.25, 0.3) is 11.6 Å². The van der Waals surface area contributed by atoms with Crippen LogP contribution in [-0.2, 0) is 4.79 Å². The molecule has 0 aliphatic carbocycles. The lowest BCUT2D eigenvalue weighted by Crippen LogP contribution is -2.33. The van der Waals surface area contributed by atoms with E-state index in [1.54, 1.807) is 0 Å². The van der Waals surface area contributed by atoms with E-state index in [1.807, 2.05) is 0 Å². The first-order valence-electron chi connectivity index (χ1n) is 5.55. The van der Waals surface area contributed by atoms with Crippen LogP contribution in [0.5, 0.6) is 0 Å². The van der Waals surface area contributed by atoms with Crippen LogP contribution in [0.4, 0.5) is 5.69 Å². The van der Waals surface area contributed by atoms with E-state index in [9.17, 15) is 19.7 Å². The third kappa shape index (κ3) is 3.77. The summed E-state index contributed by atoms with van der Waals surface area (Å²) in [5, 5.41) is 19.4. The summed E-state index contributed by atoms with van der Waals surface area (Å²) < 4.78 is 0. The van der Waals surface area contributed by atoms with Crippen molar-refractivity contribution in [3.05, 3.63) is 39.9 Å². The fourth-order valence-corrected chi connectivity index (χ4v) is 1.54. The van der Waals surface area contributed by atoms with Crippen molar-refractivity contribution in [3.63, 3.8) is 0 Å². The van der Waals surface area contributed by atoms with Gasteiger partial charge < -0.3 is 10.0 Å². The summed E-state index contributed by atoms with van der Waals surface area (Å²) in [4.78, 5) is 34.0. The number of nitro benzene ring substituents is 1. The largest absolute Gasteiger partial charge is 0.481 e. The van der Waals surface area contributed by atoms with Crippen LogP contribution in [0, 0.1) is 16.0 Å². The van der Waals surface area contributed by atoms with Crippen molar-refractivity contribution < 1.29 is 19.6 Å². The number of carbonyl (C=O) groups is 2. The summed E-state index contributed by atoms with van der Waals surface area (Å²) in [5.41, 5.74) is -0.0141. The number of carbonyl (C=O) groups excluding carboxylic acids is 1. The van der Waals surface area contributed by atoms with E-state index in [1.165, 1.54) is 43.1 Å². The molecule has 0 saturated heterocycles. The van der Waals surface area contributed by atoms with E-state index >= 15 is 0 Å². The van der Waals surface area contributed by atoms with Crippen molar-refractivity contribution in [3.8, 4) is 0 Å². The van der Waals surface area contributed by atoms with E-state index in [0.717, 1.165) is 0 Å². The number of non-ortho nitro benzene ring substituents is 1. The van der Waals surface area contributed by atoms with Crippen LogP contribution in [-0.4, -0.2) is 40.4 Å². The monoisotopic (exact) mass is 266 g/mol. The van der Waals surface area contributed by atoms with Crippen LogP contribution in [0.15, 0.2) is 24.3 Å². The van der Waals surface area contributed by atoms with Gasteiger partial charge in [0.1, 0.15) is 0 Å². The Labute approximate surface area is 109 Å². The highest BCUT2D eigenvalue weighted by atomic mass is 16.6. The lowest BCUT2D eigenvalue weighted by molar-refractivity contribution is -0.384. The van der Waals surface area contributed by atoms with Gasteiger partial charge in [0.05, 0.1) is 10.8 Å². The second-order valence-corrected chi connectivity index (χ2v) is 4.23. The van der Waals surface area contributed by atoms with E-state index in [0.29, 0.717) is 0 Å². The van der Waals surface area contributed by atoms with Crippen molar-refractivity contribution in [1.82, 2.24) is 4.90 Å². The van der Waals surface area contributed by atoms with Gasteiger partial charge in [-0.15, -0.1) is 0 Å². The van der Waals surface area contributed by atoms with Crippen molar-refractivity contribution in [1.29, 1.82) is 0 Å². The summed E-state index contributed by atoms with van der Waals surface area (Å²) in [5.74, 6) is -2.15. The molecule has 102 valence electrons. The average Bonchev–Trinajstić information content (AvgIpc) is 2.37. The Hall–Kier alpha value is -2.44. The topological polar surface area (TPSA) is 101 Å². The van der Waals surface area contributed by atoms with Gasteiger partial charge in [-0.05, 0) is 6.07 Å². The van der Waals surface area contributed by atoms with E-state index in [2.05, 4.69) is 0 Å². The number of amides is 1. The SMILES string of the molecule is CC(CN(C)C(=O)c1cccc([N+](=O)[O-])c1)C(=O)O. The molecule has 1 atom stereocenters. The fraction of sp³-hybridized carbons (Fsp3) is 0.333. The van der Waals surface area contributed by atoms with Crippen LogP contribution < -0.4 is 0 Å². The molecule has 0 saturated carbocycles. The van der Waals surface area contributed by atoms with E-state index in [-0.39, 0.29) is 17.8 Å². The quantitative estimate of drug-likeness (QED) is 0.641. The molecule has 0 aliphatic rings. The predicted molar refractivity (Wildman–Crippen MR) is 66.9 cm³/mol. The molecule has 1 unspecified atom stereocenters. The highest BCUT2D eigenvalue weighted by Crippen LogP contribution is 2.15. The highest BCUT2D eigenvalue weighted by Gasteiger charge is 2.19. The van der Waals surface area contributed by atoms with Gasteiger partial charge in [-0.25, -0.2) is 0 Å². The molecule has 0 aliphatic heterocycles. The standard InChI is InChI=1S/C12H14N2O5/c1-8(12(16)17)7-13(2)11(15)9-4-3-5-10(6-9)14(18)19/h3-6,8H,7H2,1-2H3,(H,16,17). The van der Waals surface area contributed by atoms with E-state index in [4.69, 9.17) is 5.11 Å². The zero-order valence-corrected chi connectivity index (χ0v) is 10.6. The molecule has 0 fully saturated rings. The van der Waals surface area contributed by atoms with Gasteiger partial charge in [0.2, 0.25) is 0 Å². The lowest BCUT2D eigenvalue weighted by atomic mass is 10.1. The maximum atomic E-state index is 12.0. The Bertz CT molecular complexity index is 515. The molecule has 0 bridgehead atoms. The molecule has 7 heteroatoms. The third-order valence-corrected chi connectivity index (χ3v) is 2.62. The van der Waals surface area contributed by atoms with Gasteiger partial charge in [-0.3, -0.25) is 19.7 Å². The molecular formula is C12H14N2O5. The molecule has 19 heavy (non-hydrogen) atoms. The Morgan fingerprint density at radius 1 is 1.47 bits per heavy atom. The zero-order chi connectivity index (χ0) is 14.6. The van der Waals surface area contributed by atoms with Crippen molar-refractivity contribution in [2.24, 2.45) is 5.92 Å². The number of hydrogen-bond acceptors (Lipinski definition) is 4. The zero-order valence-electron chi connectivity index (χ0n) is 10.6. The molecule has 1 amide bonds. The summed E-state index contributed by atoms with van der Waals surface area (Å²) in [6.07, 6.45) is 0. The summed E-state index contributed by atoms with van der Waals surface area (Å²) in [6.45, 7) is 1.52. The van der Waals surface area contributed by atoms with Crippen molar-refractivity contribution in [2.45, 2.75) is 6.92 Å². The fourth-order valence-electron chi connectivity index (χ4n) is 1.54. The van der Waals surface area contributed by atoms with Crippen LogP contribution in [0.2, 0.25) is 0 Å². The van der Waals surface area contributed by atoms with Gasteiger partial charge in [0, 0.05) is 31.3 Å². The predicted octanol–water partition coefficient (Wildman–Crippen LogP) is 1.39. The number of nitro groups is 1. The van der Waals surface area contributed by atoms with Crippen LogP contribution in [0.3, 0.4) is 0 Å². The molecule has 0 spiro atoms. The molecule has 0 aromatic heterocycles. The Morgan fingerprint density at radius 3 is 2.63 bits per heavy atom. The van der Waals surface area contributed by atoms with Crippen LogP contribution in [0.25, 0.3) is 0 Å². The third-order valence-electron chi connectivity index (χ3n) is 2.62. The second-order valence-electron chi connectivity index (χ2n) is 4.23. The van der Waals surface area contributed by atoms with Gasteiger partial charge in [-0.2, -0.15) is 0 Å². The number of carboxylic acid groups (broad SMARTS) is 1. The Morgan fingerprint density at radius 2 is 2.11 bits per heavy atom. The maximum Gasteiger partial charge on any atom is 0.308 e. The maximum absolute atomic E-state index is 12.0. The molecule has 1 rings (SSSR count). The minimum absolute atomic E-state index is 0.0386. The first-order valence-corrected chi connectivity index (χ1v) is 5.55. The van der Waals surface area contributed by atoms with Gasteiger partial charge in [0.15, 0.2) is 0 Å². The molecule has 1 aromatic rings. The van der Waals surface area contributed by atoms with Crippen LogP contribution in [0.1, 0.15) is 17.3 Å². The summed E-state index contributed by atoms with van der Waals surface area (Å²) >= 11 is 0. The number of benzene rings is 1. The smallest absolute Gasteiger partial charge is 0.308 e. The van der Waals surface area contributed by atoms with Gasteiger partial charge in [-0.1, -0.05) is 13.0 Å². The van der Waals surface area contributed by atoms with Crippen molar-refractivity contribution in [2.75, 3.05) is 13.6 Å². The minimum Gasteiger partial charge on any atom is -0.481 e. The Kier molecular flexibility index (Phi) is 4.57. The molecule has 7 nitrogen and oxygen atoms in total. The molecular weight excluding hydrogens is 252 g/mol. The average molecular weight is 266 g/mol. The summed E-state index contributed by atoms with van der Waals surface area (Å²) in [7, 11) is 1.46. The number of rotatable bonds is 5. The molecule has 1 aromatic carbocycles. The summed E-state index contributed by atoms with van der Waals surface area (Å²) in [6, 6.07) is 5.33. The number of hydrogen-bond donors (Lipinski definition) is 1. The number of aliphatic carboxylic acids is 1. The molecule has 0 radical (unpaired) electrons.